The van der Waals surface area contributed by atoms with E-state index in [-0.39, 0.29) is 6.10 Å². The molecule has 2 heterocycles. The van der Waals surface area contributed by atoms with E-state index in [1.165, 1.54) is 0 Å². The Morgan fingerprint density at radius 1 is 0.957 bits per heavy atom. The number of pyridine rings is 1. The maximum absolute atomic E-state index is 6.23. The molecule has 0 saturated carbocycles. The van der Waals surface area contributed by atoms with Crippen molar-refractivity contribution in [1.29, 1.82) is 0 Å². The lowest BCUT2D eigenvalue weighted by atomic mass is 10.1. The molecule has 0 aliphatic heterocycles. The number of hydrogen-bond donors (Lipinski definition) is 0. The minimum atomic E-state index is 0.145. The molecule has 116 valence electrons. The Kier molecular flexibility index (Phi) is 4.53. The van der Waals surface area contributed by atoms with Gasteiger partial charge in [0.1, 0.15) is 11.4 Å². The predicted octanol–water partition coefficient (Wildman–Crippen LogP) is 4.65. The lowest BCUT2D eigenvalue weighted by Gasteiger charge is -2.10. The molecule has 0 saturated heterocycles. The molecule has 0 N–H and O–H groups in total. The Labute approximate surface area is 140 Å². The highest BCUT2D eigenvalue weighted by Gasteiger charge is 2.08. The molecule has 0 aliphatic rings. The highest BCUT2D eigenvalue weighted by Crippen LogP contribution is 2.27. The highest BCUT2D eigenvalue weighted by atomic mass is 35.5. The van der Waals surface area contributed by atoms with Gasteiger partial charge in [-0.1, -0.05) is 11.6 Å². The molecule has 0 radical (unpaired) electrons. The Morgan fingerprint density at radius 3 is 2.26 bits per heavy atom. The molecule has 0 fully saturated rings. The molecule has 0 unspecified atom stereocenters. The van der Waals surface area contributed by atoms with E-state index in [1.807, 2.05) is 44.2 Å². The summed E-state index contributed by atoms with van der Waals surface area (Å²) in [5, 5.41) is 0.597. The second-order valence-corrected chi connectivity index (χ2v) is 5.76. The van der Waals surface area contributed by atoms with Crippen LogP contribution in [0.5, 0.6) is 5.75 Å². The average Bonchev–Trinajstić information content (AvgIpc) is 2.55. The Hall–Kier alpha value is -2.46. The van der Waals surface area contributed by atoms with Crippen LogP contribution >= 0.6 is 11.6 Å². The van der Waals surface area contributed by atoms with Crippen LogP contribution in [0, 0.1) is 0 Å². The van der Waals surface area contributed by atoms with Crippen LogP contribution in [0.3, 0.4) is 0 Å². The molecule has 2 aromatic heterocycles. The first-order chi connectivity index (χ1) is 11.1. The van der Waals surface area contributed by atoms with Crippen molar-refractivity contribution in [3.8, 4) is 28.5 Å². The van der Waals surface area contributed by atoms with Crippen molar-refractivity contribution >= 4 is 11.6 Å². The van der Waals surface area contributed by atoms with Crippen molar-refractivity contribution in [3.63, 3.8) is 0 Å². The van der Waals surface area contributed by atoms with Gasteiger partial charge in [-0.2, -0.15) is 0 Å². The minimum absolute atomic E-state index is 0.145. The van der Waals surface area contributed by atoms with Gasteiger partial charge in [0, 0.05) is 23.0 Å². The fourth-order valence-electron chi connectivity index (χ4n) is 2.17. The molecule has 0 aliphatic carbocycles. The third-order valence-electron chi connectivity index (χ3n) is 3.11. The summed E-state index contributed by atoms with van der Waals surface area (Å²) in [5.74, 6) is 1.38. The van der Waals surface area contributed by atoms with E-state index in [1.54, 1.807) is 24.5 Å². The summed E-state index contributed by atoms with van der Waals surface area (Å²) in [7, 11) is 0. The fourth-order valence-corrected chi connectivity index (χ4v) is 2.37. The zero-order valence-electron chi connectivity index (χ0n) is 12.9. The predicted molar refractivity (Wildman–Crippen MR) is 91.5 cm³/mol. The number of ether oxygens (including phenoxy) is 1. The van der Waals surface area contributed by atoms with Crippen molar-refractivity contribution in [3.05, 3.63) is 59.9 Å². The van der Waals surface area contributed by atoms with Crippen molar-refractivity contribution in [1.82, 2.24) is 15.0 Å². The first-order valence-corrected chi connectivity index (χ1v) is 7.72. The summed E-state index contributed by atoms with van der Waals surface area (Å²) in [6.07, 6.45) is 3.51. The highest BCUT2D eigenvalue weighted by molar-refractivity contribution is 6.31. The molecule has 4 nitrogen and oxygen atoms in total. The van der Waals surface area contributed by atoms with Crippen LogP contribution in [0.2, 0.25) is 5.02 Å². The summed E-state index contributed by atoms with van der Waals surface area (Å²) in [4.78, 5) is 13.1. The van der Waals surface area contributed by atoms with Crippen LogP contribution in [0.4, 0.5) is 0 Å². The molecule has 0 atom stereocenters. The van der Waals surface area contributed by atoms with Gasteiger partial charge >= 0.3 is 0 Å². The Morgan fingerprint density at radius 2 is 1.61 bits per heavy atom. The van der Waals surface area contributed by atoms with E-state index >= 15 is 0 Å². The summed E-state index contributed by atoms with van der Waals surface area (Å²) >= 11 is 6.23. The molecule has 1 aromatic carbocycles. The number of hydrogen-bond acceptors (Lipinski definition) is 4. The molecular formula is C18H16ClN3O. The van der Waals surface area contributed by atoms with Gasteiger partial charge in [-0.3, -0.25) is 0 Å². The van der Waals surface area contributed by atoms with Crippen molar-refractivity contribution in [2.24, 2.45) is 0 Å². The van der Waals surface area contributed by atoms with Crippen LogP contribution in [-0.4, -0.2) is 21.1 Å². The van der Waals surface area contributed by atoms with Gasteiger partial charge in [-0.05, 0) is 56.3 Å². The summed E-state index contributed by atoms with van der Waals surface area (Å²) in [5.41, 5.74) is 2.38. The van der Waals surface area contributed by atoms with Crippen LogP contribution in [0.1, 0.15) is 13.8 Å². The van der Waals surface area contributed by atoms with Crippen LogP contribution in [-0.2, 0) is 0 Å². The van der Waals surface area contributed by atoms with Gasteiger partial charge in [-0.25, -0.2) is 15.0 Å². The third-order valence-corrected chi connectivity index (χ3v) is 3.33. The molecule has 0 spiro atoms. The molecular weight excluding hydrogens is 310 g/mol. The molecule has 3 aromatic rings. The van der Waals surface area contributed by atoms with Crippen molar-refractivity contribution in [2.75, 3.05) is 0 Å². The van der Waals surface area contributed by atoms with Crippen LogP contribution in [0.15, 0.2) is 54.9 Å². The monoisotopic (exact) mass is 325 g/mol. The summed E-state index contributed by atoms with van der Waals surface area (Å²) in [6, 6.07) is 13.1. The summed E-state index contributed by atoms with van der Waals surface area (Å²) in [6.45, 7) is 4.00. The van der Waals surface area contributed by atoms with E-state index in [0.717, 1.165) is 17.0 Å². The molecule has 0 amide bonds. The van der Waals surface area contributed by atoms with Gasteiger partial charge in [0.2, 0.25) is 0 Å². The van der Waals surface area contributed by atoms with Crippen LogP contribution in [0.25, 0.3) is 22.8 Å². The van der Waals surface area contributed by atoms with Gasteiger partial charge in [0.25, 0.3) is 0 Å². The number of aromatic nitrogens is 3. The minimum Gasteiger partial charge on any atom is -0.491 e. The number of rotatable bonds is 4. The standard InChI is InChI=1S/C18H16ClN3O/c1-12(2)23-15-6-4-13(5-7-15)16-10-14(19)11-17(22-16)18-20-8-3-9-21-18/h3-12H,1-2H3. The second-order valence-electron chi connectivity index (χ2n) is 5.32. The van der Waals surface area contributed by atoms with E-state index in [0.29, 0.717) is 16.5 Å². The van der Waals surface area contributed by atoms with Crippen molar-refractivity contribution < 1.29 is 4.74 Å². The topological polar surface area (TPSA) is 47.9 Å². The number of nitrogens with zero attached hydrogens (tertiary/aromatic N) is 3. The Bertz CT molecular complexity index is 789. The fraction of sp³-hybridized carbons (Fsp3) is 0.167. The molecule has 3 rings (SSSR count). The van der Waals surface area contributed by atoms with Gasteiger partial charge in [-0.15, -0.1) is 0 Å². The first-order valence-electron chi connectivity index (χ1n) is 7.34. The van der Waals surface area contributed by atoms with E-state index in [2.05, 4.69) is 15.0 Å². The van der Waals surface area contributed by atoms with E-state index < -0.39 is 0 Å². The first kappa shape index (κ1) is 15.4. The maximum atomic E-state index is 6.23. The Balaban J connectivity index is 1.95. The van der Waals surface area contributed by atoms with Crippen LogP contribution < -0.4 is 4.74 Å². The summed E-state index contributed by atoms with van der Waals surface area (Å²) < 4.78 is 5.66. The van der Waals surface area contributed by atoms with E-state index in [4.69, 9.17) is 16.3 Å². The lowest BCUT2D eigenvalue weighted by molar-refractivity contribution is 0.242. The zero-order chi connectivity index (χ0) is 16.2. The molecule has 23 heavy (non-hydrogen) atoms. The number of halogens is 1. The normalized spacial score (nSPS) is 10.8. The zero-order valence-corrected chi connectivity index (χ0v) is 13.7. The quantitative estimate of drug-likeness (QED) is 0.700. The lowest BCUT2D eigenvalue weighted by Crippen LogP contribution is -2.05. The van der Waals surface area contributed by atoms with Gasteiger partial charge in [0.15, 0.2) is 5.82 Å². The second kappa shape index (κ2) is 6.75. The van der Waals surface area contributed by atoms with Gasteiger partial charge in [0.05, 0.1) is 11.8 Å². The largest absolute Gasteiger partial charge is 0.491 e. The SMILES string of the molecule is CC(C)Oc1ccc(-c2cc(Cl)cc(-c3ncccn3)n2)cc1. The van der Waals surface area contributed by atoms with Crippen molar-refractivity contribution in [2.45, 2.75) is 20.0 Å². The average molecular weight is 326 g/mol. The third kappa shape index (κ3) is 3.85. The van der Waals surface area contributed by atoms with E-state index in [9.17, 15) is 0 Å². The molecule has 5 heteroatoms. The number of benzene rings is 1. The molecule has 0 bridgehead atoms. The van der Waals surface area contributed by atoms with Gasteiger partial charge < -0.3 is 4.74 Å². The smallest absolute Gasteiger partial charge is 0.178 e. The maximum Gasteiger partial charge on any atom is 0.178 e.